The van der Waals surface area contributed by atoms with Gasteiger partial charge in [0.05, 0.1) is 11.1 Å². The maximum absolute atomic E-state index is 10.9. The van der Waals surface area contributed by atoms with Crippen LogP contribution in [-0.2, 0) is 5.88 Å². The van der Waals surface area contributed by atoms with Crippen molar-refractivity contribution in [2.45, 2.75) is 12.8 Å². The SMILES string of the molecule is Cc1ccc(CCl)c(C#N)c1C(=O)O. The smallest absolute Gasteiger partial charge is 0.337 e. The molecule has 0 fully saturated rings. The van der Waals surface area contributed by atoms with E-state index in [9.17, 15) is 4.79 Å². The number of nitrogens with zero attached hydrogens (tertiary/aromatic N) is 1. The molecule has 72 valence electrons. The number of rotatable bonds is 2. The Morgan fingerprint density at radius 2 is 2.29 bits per heavy atom. The van der Waals surface area contributed by atoms with E-state index in [2.05, 4.69) is 0 Å². The molecule has 0 amide bonds. The van der Waals surface area contributed by atoms with E-state index in [1.54, 1.807) is 19.1 Å². The van der Waals surface area contributed by atoms with Gasteiger partial charge in [-0.25, -0.2) is 4.79 Å². The summed E-state index contributed by atoms with van der Waals surface area (Å²) in [4.78, 5) is 10.9. The van der Waals surface area contributed by atoms with Gasteiger partial charge >= 0.3 is 5.97 Å². The Labute approximate surface area is 86.5 Å². The van der Waals surface area contributed by atoms with E-state index in [0.717, 1.165) is 0 Å². The van der Waals surface area contributed by atoms with Gasteiger partial charge in [0, 0.05) is 5.88 Å². The molecule has 1 N–H and O–H groups in total. The summed E-state index contributed by atoms with van der Waals surface area (Å²) in [7, 11) is 0. The summed E-state index contributed by atoms with van der Waals surface area (Å²) in [6, 6.07) is 5.20. The summed E-state index contributed by atoms with van der Waals surface area (Å²) >= 11 is 5.60. The van der Waals surface area contributed by atoms with Crippen LogP contribution >= 0.6 is 11.6 Å². The zero-order valence-electron chi connectivity index (χ0n) is 7.54. The summed E-state index contributed by atoms with van der Waals surface area (Å²) in [5, 5.41) is 17.7. The molecule has 0 aromatic heterocycles. The lowest BCUT2D eigenvalue weighted by molar-refractivity contribution is 0.0695. The van der Waals surface area contributed by atoms with E-state index >= 15 is 0 Å². The molecule has 1 aromatic carbocycles. The van der Waals surface area contributed by atoms with E-state index in [-0.39, 0.29) is 17.0 Å². The highest BCUT2D eigenvalue weighted by atomic mass is 35.5. The van der Waals surface area contributed by atoms with Crippen LogP contribution in [0.15, 0.2) is 12.1 Å². The number of hydrogen-bond acceptors (Lipinski definition) is 2. The van der Waals surface area contributed by atoms with Crippen LogP contribution in [0.2, 0.25) is 0 Å². The topological polar surface area (TPSA) is 61.1 Å². The van der Waals surface area contributed by atoms with Gasteiger partial charge in [-0.2, -0.15) is 5.26 Å². The summed E-state index contributed by atoms with van der Waals surface area (Å²) in [5.41, 5.74) is 1.33. The van der Waals surface area contributed by atoms with Crippen LogP contribution in [0.5, 0.6) is 0 Å². The molecule has 0 radical (unpaired) electrons. The van der Waals surface area contributed by atoms with Crippen LogP contribution in [0, 0.1) is 18.3 Å². The molecular formula is C10H8ClNO2. The number of carboxylic acids is 1. The van der Waals surface area contributed by atoms with Gasteiger partial charge in [-0.15, -0.1) is 11.6 Å². The number of benzene rings is 1. The number of aromatic carboxylic acids is 1. The van der Waals surface area contributed by atoms with Crippen molar-refractivity contribution in [3.63, 3.8) is 0 Å². The molecule has 0 unspecified atom stereocenters. The Kier molecular flexibility index (Phi) is 3.10. The second-order valence-electron chi connectivity index (χ2n) is 2.84. The molecule has 1 aromatic rings. The van der Waals surface area contributed by atoms with Gasteiger partial charge in [0.2, 0.25) is 0 Å². The van der Waals surface area contributed by atoms with Crippen LogP contribution in [0.1, 0.15) is 27.0 Å². The van der Waals surface area contributed by atoms with Crippen molar-refractivity contribution in [3.8, 4) is 6.07 Å². The molecule has 0 atom stereocenters. The van der Waals surface area contributed by atoms with Crippen molar-refractivity contribution in [2.24, 2.45) is 0 Å². The molecule has 4 heteroatoms. The van der Waals surface area contributed by atoms with E-state index < -0.39 is 5.97 Å². The Morgan fingerprint density at radius 1 is 1.64 bits per heavy atom. The number of carbonyl (C=O) groups is 1. The second kappa shape index (κ2) is 4.12. The quantitative estimate of drug-likeness (QED) is 0.761. The molecule has 0 bridgehead atoms. The molecule has 3 nitrogen and oxygen atoms in total. The van der Waals surface area contributed by atoms with E-state index in [1.807, 2.05) is 6.07 Å². The van der Waals surface area contributed by atoms with Crippen LogP contribution in [0.3, 0.4) is 0 Å². The third-order valence-electron chi connectivity index (χ3n) is 1.97. The molecule has 0 aliphatic rings. The fraction of sp³-hybridized carbons (Fsp3) is 0.200. The summed E-state index contributed by atoms with van der Waals surface area (Å²) in [5.74, 6) is -0.949. The summed E-state index contributed by atoms with van der Waals surface area (Å²) in [6.07, 6.45) is 0. The normalized spacial score (nSPS) is 9.50. The number of alkyl halides is 1. The van der Waals surface area contributed by atoms with Gasteiger partial charge in [-0.1, -0.05) is 12.1 Å². The fourth-order valence-corrected chi connectivity index (χ4v) is 1.49. The van der Waals surface area contributed by atoms with Crippen LogP contribution < -0.4 is 0 Å². The van der Waals surface area contributed by atoms with Crippen molar-refractivity contribution in [3.05, 3.63) is 34.4 Å². The Hall–Kier alpha value is -1.53. The number of aryl methyl sites for hydroxylation is 1. The molecular weight excluding hydrogens is 202 g/mol. The molecule has 0 aliphatic carbocycles. The third kappa shape index (κ3) is 1.70. The third-order valence-corrected chi connectivity index (χ3v) is 2.26. The first-order chi connectivity index (χ1) is 6.61. The lowest BCUT2D eigenvalue weighted by Crippen LogP contribution is -2.05. The van der Waals surface area contributed by atoms with Gasteiger partial charge in [-0.05, 0) is 18.1 Å². The average molecular weight is 210 g/mol. The minimum absolute atomic E-state index is 0.0469. The van der Waals surface area contributed by atoms with Crippen LogP contribution in [0.4, 0.5) is 0 Å². The molecule has 0 aliphatic heterocycles. The first kappa shape index (κ1) is 10.6. The highest BCUT2D eigenvalue weighted by Crippen LogP contribution is 2.19. The fourth-order valence-electron chi connectivity index (χ4n) is 1.26. The first-order valence-electron chi connectivity index (χ1n) is 3.93. The number of carboxylic acid groups (broad SMARTS) is 1. The second-order valence-corrected chi connectivity index (χ2v) is 3.11. The van der Waals surface area contributed by atoms with E-state index in [0.29, 0.717) is 11.1 Å². The van der Waals surface area contributed by atoms with Crippen molar-refractivity contribution < 1.29 is 9.90 Å². The van der Waals surface area contributed by atoms with Crippen LogP contribution in [0.25, 0.3) is 0 Å². The van der Waals surface area contributed by atoms with Crippen molar-refractivity contribution in [1.29, 1.82) is 5.26 Å². The van der Waals surface area contributed by atoms with Gasteiger partial charge in [-0.3, -0.25) is 0 Å². The Balaban J connectivity index is 3.53. The Morgan fingerprint density at radius 3 is 2.71 bits per heavy atom. The zero-order valence-corrected chi connectivity index (χ0v) is 8.30. The number of halogens is 1. The van der Waals surface area contributed by atoms with Crippen molar-refractivity contribution >= 4 is 17.6 Å². The average Bonchev–Trinajstić information content (AvgIpc) is 2.16. The number of nitriles is 1. The van der Waals surface area contributed by atoms with E-state index in [1.165, 1.54) is 0 Å². The minimum Gasteiger partial charge on any atom is -0.478 e. The van der Waals surface area contributed by atoms with Crippen LogP contribution in [-0.4, -0.2) is 11.1 Å². The molecule has 0 spiro atoms. The maximum atomic E-state index is 10.9. The first-order valence-corrected chi connectivity index (χ1v) is 4.47. The molecule has 0 saturated heterocycles. The highest BCUT2D eigenvalue weighted by Gasteiger charge is 2.16. The standard InChI is InChI=1S/C10H8ClNO2/c1-6-2-3-7(4-11)8(5-12)9(6)10(13)14/h2-3H,4H2,1H3,(H,13,14). The van der Waals surface area contributed by atoms with Crippen molar-refractivity contribution in [2.75, 3.05) is 0 Å². The summed E-state index contributed by atoms with van der Waals surface area (Å²) < 4.78 is 0. The van der Waals surface area contributed by atoms with Gasteiger partial charge < -0.3 is 5.11 Å². The monoisotopic (exact) mass is 209 g/mol. The van der Waals surface area contributed by atoms with Gasteiger partial charge in [0.25, 0.3) is 0 Å². The largest absolute Gasteiger partial charge is 0.478 e. The Bertz CT molecular complexity index is 421. The molecule has 1 rings (SSSR count). The maximum Gasteiger partial charge on any atom is 0.337 e. The molecule has 14 heavy (non-hydrogen) atoms. The highest BCUT2D eigenvalue weighted by molar-refractivity contribution is 6.17. The van der Waals surface area contributed by atoms with Gasteiger partial charge in [0.15, 0.2) is 0 Å². The van der Waals surface area contributed by atoms with Crippen molar-refractivity contribution in [1.82, 2.24) is 0 Å². The zero-order chi connectivity index (χ0) is 10.7. The lowest BCUT2D eigenvalue weighted by Gasteiger charge is -2.06. The molecule has 0 heterocycles. The number of hydrogen-bond donors (Lipinski definition) is 1. The van der Waals surface area contributed by atoms with Gasteiger partial charge in [0.1, 0.15) is 6.07 Å². The molecule has 0 saturated carbocycles. The predicted molar refractivity (Wildman–Crippen MR) is 52.4 cm³/mol. The minimum atomic E-state index is -1.09. The lowest BCUT2D eigenvalue weighted by atomic mass is 9.98. The summed E-state index contributed by atoms with van der Waals surface area (Å²) in [6.45, 7) is 1.66. The van der Waals surface area contributed by atoms with E-state index in [4.69, 9.17) is 22.0 Å². The predicted octanol–water partition coefficient (Wildman–Crippen LogP) is 2.30.